The van der Waals surface area contributed by atoms with E-state index in [1.165, 1.54) is 6.08 Å². The Morgan fingerprint density at radius 3 is 2.43 bits per heavy atom. The van der Waals surface area contributed by atoms with Gasteiger partial charge in [0.1, 0.15) is 0 Å². The average molecular weight is 345 g/mol. The summed E-state index contributed by atoms with van der Waals surface area (Å²) in [7, 11) is 0. The molecule has 0 bridgehead atoms. The molecule has 0 aliphatic rings. The smallest absolute Gasteiger partial charge is 0.250 e. The number of amides is 1. The summed E-state index contributed by atoms with van der Waals surface area (Å²) < 4.78 is 0. The van der Waals surface area contributed by atoms with E-state index >= 15 is 0 Å². The molecule has 2 aromatic carbocycles. The van der Waals surface area contributed by atoms with Crippen LogP contribution in [-0.4, -0.2) is 11.0 Å². The van der Waals surface area contributed by atoms with Gasteiger partial charge in [0, 0.05) is 16.8 Å². The summed E-state index contributed by atoms with van der Waals surface area (Å²) in [4.78, 5) is 11.9. The Kier molecular flexibility index (Phi) is 5.90. The van der Waals surface area contributed by atoms with Crippen molar-refractivity contribution in [1.29, 1.82) is 0 Å². The summed E-state index contributed by atoms with van der Waals surface area (Å²) in [6.45, 7) is 4.01. The molecule has 0 aliphatic heterocycles. The molecule has 0 spiro atoms. The first kappa shape index (κ1) is 17.2. The van der Waals surface area contributed by atoms with Gasteiger partial charge in [-0.2, -0.15) is 0 Å². The van der Waals surface area contributed by atoms with Crippen LogP contribution in [-0.2, 0) is 4.79 Å². The summed E-state index contributed by atoms with van der Waals surface area (Å²) in [5.41, 5.74) is 3.88. The van der Waals surface area contributed by atoms with Crippen LogP contribution >= 0.6 is 23.8 Å². The molecule has 0 aromatic heterocycles. The molecule has 0 saturated heterocycles. The molecule has 0 heterocycles. The van der Waals surface area contributed by atoms with E-state index in [1.54, 1.807) is 12.1 Å². The minimum Gasteiger partial charge on any atom is -0.332 e. The number of hydrogen-bond acceptors (Lipinski definition) is 2. The summed E-state index contributed by atoms with van der Waals surface area (Å²) in [6.07, 6.45) is 3.05. The Morgan fingerprint density at radius 1 is 1.13 bits per heavy atom. The van der Waals surface area contributed by atoms with E-state index in [-0.39, 0.29) is 11.0 Å². The Bertz CT molecular complexity index is 751. The fourth-order valence-electron chi connectivity index (χ4n) is 2.14. The average Bonchev–Trinajstić information content (AvgIpc) is 2.45. The van der Waals surface area contributed by atoms with Gasteiger partial charge in [0.25, 0.3) is 0 Å². The number of thiocarbonyl (C=S) groups is 1. The number of anilines is 1. The van der Waals surface area contributed by atoms with E-state index in [0.29, 0.717) is 5.02 Å². The normalized spacial score (nSPS) is 10.6. The molecule has 0 fully saturated rings. The molecule has 5 heteroatoms. The van der Waals surface area contributed by atoms with Crippen molar-refractivity contribution < 1.29 is 4.79 Å². The third kappa shape index (κ3) is 5.51. The molecule has 0 radical (unpaired) electrons. The predicted octanol–water partition coefficient (Wildman–Crippen LogP) is 4.48. The monoisotopic (exact) mass is 344 g/mol. The lowest BCUT2D eigenvalue weighted by Crippen LogP contribution is -2.32. The summed E-state index contributed by atoms with van der Waals surface area (Å²) in [6, 6.07) is 13.3. The van der Waals surface area contributed by atoms with Crippen LogP contribution in [0.2, 0.25) is 5.02 Å². The van der Waals surface area contributed by atoms with Gasteiger partial charge < -0.3 is 5.32 Å². The second-order valence-corrected chi connectivity index (χ2v) is 5.99. The largest absolute Gasteiger partial charge is 0.332 e. The van der Waals surface area contributed by atoms with E-state index in [0.717, 1.165) is 22.4 Å². The van der Waals surface area contributed by atoms with Crippen molar-refractivity contribution in [1.82, 2.24) is 5.32 Å². The highest BCUT2D eigenvalue weighted by atomic mass is 35.5. The molecule has 0 unspecified atom stereocenters. The van der Waals surface area contributed by atoms with Crippen molar-refractivity contribution >= 4 is 46.6 Å². The number of rotatable bonds is 3. The molecular formula is C18H17ClN2OS. The zero-order valence-corrected chi connectivity index (χ0v) is 14.5. The maximum absolute atomic E-state index is 11.9. The van der Waals surface area contributed by atoms with Crippen molar-refractivity contribution in [2.75, 3.05) is 5.32 Å². The third-order valence-corrected chi connectivity index (χ3v) is 3.58. The molecule has 0 saturated carbocycles. The van der Waals surface area contributed by atoms with Gasteiger partial charge in [0.2, 0.25) is 5.91 Å². The Labute approximate surface area is 146 Å². The molecular weight excluding hydrogens is 328 g/mol. The Balaban J connectivity index is 1.95. The molecule has 2 rings (SSSR count). The van der Waals surface area contributed by atoms with Crippen molar-refractivity contribution in [3.05, 3.63) is 70.3 Å². The predicted molar refractivity (Wildman–Crippen MR) is 101 cm³/mol. The van der Waals surface area contributed by atoms with Gasteiger partial charge in [-0.25, -0.2) is 0 Å². The van der Waals surface area contributed by atoms with Crippen LogP contribution in [0.3, 0.4) is 0 Å². The van der Waals surface area contributed by atoms with Crippen LogP contribution < -0.4 is 10.6 Å². The van der Waals surface area contributed by atoms with E-state index in [2.05, 4.69) is 16.7 Å². The fraction of sp³-hybridized carbons (Fsp3) is 0.111. The quantitative estimate of drug-likeness (QED) is 0.637. The highest BCUT2D eigenvalue weighted by Gasteiger charge is 2.03. The van der Waals surface area contributed by atoms with Gasteiger partial charge in [0.15, 0.2) is 5.11 Å². The first-order chi connectivity index (χ1) is 10.9. The summed E-state index contributed by atoms with van der Waals surface area (Å²) in [5.74, 6) is -0.313. The van der Waals surface area contributed by atoms with Crippen molar-refractivity contribution in [3.8, 4) is 0 Å². The molecule has 3 nitrogen and oxygen atoms in total. The van der Waals surface area contributed by atoms with Gasteiger partial charge in [-0.1, -0.05) is 35.9 Å². The van der Waals surface area contributed by atoms with Gasteiger partial charge in [-0.05, 0) is 67.0 Å². The molecule has 118 valence electrons. The zero-order valence-electron chi connectivity index (χ0n) is 12.9. The highest BCUT2D eigenvalue weighted by Crippen LogP contribution is 2.16. The topological polar surface area (TPSA) is 41.1 Å². The molecule has 2 N–H and O–H groups in total. The lowest BCUT2D eigenvalue weighted by molar-refractivity contribution is -0.115. The van der Waals surface area contributed by atoms with Gasteiger partial charge in [-0.3, -0.25) is 10.1 Å². The first-order valence-electron chi connectivity index (χ1n) is 7.07. The minimum absolute atomic E-state index is 0.254. The first-order valence-corrected chi connectivity index (χ1v) is 7.85. The number of hydrogen-bond donors (Lipinski definition) is 2. The number of benzene rings is 2. The van der Waals surface area contributed by atoms with Crippen LogP contribution in [0.15, 0.2) is 48.5 Å². The molecule has 2 aromatic rings. The van der Waals surface area contributed by atoms with E-state index < -0.39 is 0 Å². The van der Waals surface area contributed by atoms with Crippen LogP contribution in [0.1, 0.15) is 16.7 Å². The second-order valence-electron chi connectivity index (χ2n) is 5.17. The number of carbonyl (C=O) groups excluding carboxylic acids is 1. The fourth-order valence-corrected chi connectivity index (χ4v) is 2.56. The van der Waals surface area contributed by atoms with Gasteiger partial charge in [-0.15, -0.1) is 0 Å². The van der Waals surface area contributed by atoms with E-state index in [1.807, 2.05) is 44.2 Å². The summed E-state index contributed by atoms with van der Waals surface area (Å²) >= 11 is 11.2. The van der Waals surface area contributed by atoms with Crippen molar-refractivity contribution in [2.45, 2.75) is 13.8 Å². The summed E-state index contributed by atoms with van der Waals surface area (Å²) in [5, 5.41) is 6.46. The maximum atomic E-state index is 11.9. The number of nitrogens with one attached hydrogen (secondary N) is 2. The SMILES string of the molecule is Cc1cc(C)cc(NC(=S)NC(=O)C=Cc2ccccc2Cl)c1. The van der Waals surface area contributed by atoms with Crippen molar-refractivity contribution in [2.24, 2.45) is 0 Å². The van der Waals surface area contributed by atoms with E-state index in [9.17, 15) is 4.79 Å². The van der Waals surface area contributed by atoms with Crippen LogP contribution in [0.25, 0.3) is 6.08 Å². The molecule has 0 aliphatic carbocycles. The highest BCUT2D eigenvalue weighted by molar-refractivity contribution is 7.80. The standard InChI is InChI=1S/C18H17ClN2OS/c1-12-9-13(2)11-15(10-12)20-18(23)21-17(22)8-7-14-5-3-4-6-16(14)19/h3-11H,1-2H3,(H2,20,21,22,23). The van der Waals surface area contributed by atoms with Crippen molar-refractivity contribution in [3.63, 3.8) is 0 Å². The number of aryl methyl sites for hydroxylation is 2. The molecule has 1 amide bonds. The van der Waals surface area contributed by atoms with E-state index in [4.69, 9.17) is 23.8 Å². The maximum Gasteiger partial charge on any atom is 0.250 e. The van der Waals surface area contributed by atoms with Crippen LogP contribution in [0.4, 0.5) is 5.69 Å². The van der Waals surface area contributed by atoms with Crippen LogP contribution in [0.5, 0.6) is 0 Å². The lowest BCUT2D eigenvalue weighted by atomic mass is 10.1. The van der Waals surface area contributed by atoms with Crippen LogP contribution in [0, 0.1) is 13.8 Å². The lowest BCUT2D eigenvalue weighted by Gasteiger charge is -2.10. The second kappa shape index (κ2) is 7.90. The molecule has 0 atom stereocenters. The number of halogens is 1. The van der Waals surface area contributed by atoms with Gasteiger partial charge in [0.05, 0.1) is 0 Å². The third-order valence-electron chi connectivity index (χ3n) is 3.04. The van der Waals surface area contributed by atoms with Gasteiger partial charge >= 0.3 is 0 Å². The molecule has 23 heavy (non-hydrogen) atoms. The number of carbonyl (C=O) groups is 1. The minimum atomic E-state index is -0.313. The Hall–Kier alpha value is -2.17. The Morgan fingerprint density at radius 2 is 1.78 bits per heavy atom. The zero-order chi connectivity index (χ0) is 16.8.